The van der Waals surface area contributed by atoms with Gasteiger partial charge in [-0.1, -0.05) is 24.8 Å². The number of benzene rings is 2. The minimum atomic E-state index is -3.76. The van der Waals surface area contributed by atoms with Crippen LogP contribution in [0.3, 0.4) is 0 Å². The van der Waals surface area contributed by atoms with Crippen molar-refractivity contribution in [3.05, 3.63) is 66.9 Å². The van der Waals surface area contributed by atoms with Crippen LogP contribution in [0.1, 0.15) is 32.6 Å². The predicted octanol–water partition coefficient (Wildman–Crippen LogP) is 5.29. The predicted molar refractivity (Wildman–Crippen MR) is 111 cm³/mol. The molecule has 1 aliphatic rings. The highest BCUT2D eigenvalue weighted by Gasteiger charge is 2.32. The van der Waals surface area contributed by atoms with Gasteiger partial charge in [0.1, 0.15) is 17.3 Å². The van der Waals surface area contributed by atoms with Gasteiger partial charge in [-0.3, -0.25) is 0 Å². The van der Waals surface area contributed by atoms with Crippen LogP contribution in [-0.4, -0.2) is 12.1 Å². The summed E-state index contributed by atoms with van der Waals surface area (Å²) < 4.78 is 30.9. The Balaban J connectivity index is 1.73. The average molecular weight is 402 g/mol. The lowest BCUT2D eigenvalue weighted by atomic mass is 10.3. The summed E-state index contributed by atoms with van der Waals surface area (Å²) in [7, 11) is -3.76. The van der Waals surface area contributed by atoms with E-state index in [0.29, 0.717) is 22.9 Å². The molecule has 1 aliphatic carbocycles. The van der Waals surface area contributed by atoms with E-state index < -0.39 is 13.8 Å². The molecule has 0 aliphatic heterocycles. The summed E-state index contributed by atoms with van der Waals surface area (Å²) in [5.74, 6) is 1.34. The van der Waals surface area contributed by atoms with Crippen molar-refractivity contribution in [3.8, 4) is 11.5 Å². The lowest BCUT2D eigenvalue weighted by Crippen LogP contribution is -2.31. The summed E-state index contributed by atoms with van der Waals surface area (Å²) in [5, 5.41) is 2.93. The van der Waals surface area contributed by atoms with Crippen LogP contribution in [0.4, 0.5) is 5.69 Å². The van der Waals surface area contributed by atoms with Gasteiger partial charge in [0.05, 0.1) is 12.1 Å². The lowest BCUT2D eigenvalue weighted by molar-refractivity contribution is 0.109. The quantitative estimate of drug-likeness (QED) is 0.337. The SMILES string of the molecule is C=C(OC1CCCC1)[C@@H](C)NP(=O)(Oc1ccccc1)Oc1ccc(N)cc1. The first-order valence-electron chi connectivity index (χ1n) is 9.46. The molecule has 0 amide bonds. The molecule has 6 nitrogen and oxygen atoms in total. The molecule has 3 rings (SSSR count). The van der Waals surface area contributed by atoms with Gasteiger partial charge in [0.25, 0.3) is 0 Å². The Kier molecular flexibility index (Phi) is 6.65. The second-order valence-corrected chi connectivity index (χ2v) is 8.52. The Morgan fingerprint density at radius 3 is 2.25 bits per heavy atom. The number of hydrogen-bond donors (Lipinski definition) is 2. The molecular weight excluding hydrogens is 375 g/mol. The fourth-order valence-electron chi connectivity index (χ4n) is 2.99. The molecule has 2 aromatic rings. The minimum absolute atomic E-state index is 0.171. The van der Waals surface area contributed by atoms with Crippen molar-refractivity contribution in [3.63, 3.8) is 0 Å². The molecule has 1 unspecified atom stereocenters. The number of hydrogen-bond acceptors (Lipinski definition) is 5. The van der Waals surface area contributed by atoms with Gasteiger partial charge >= 0.3 is 7.75 Å². The van der Waals surface area contributed by atoms with E-state index in [2.05, 4.69) is 11.7 Å². The van der Waals surface area contributed by atoms with Crippen LogP contribution in [0.25, 0.3) is 0 Å². The fourth-order valence-corrected chi connectivity index (χ4v) is 4.55. The summed E-state index contributed by atoms with van der Waals surface area (Å²) in [6, 6.07) is 15.1. The van der Waals surface area contributed by atoms with Gasteiger partial charge in [0.15, 0.2) is 0 Å². The summed E-state index contributed by atoms with van der Waals surface area (Å²) >= 11 is 0. The largest absolute Gasteiger partial charge is 0.513 e. The highest BCUT2D eigenvalue weighted by Crippen LogP contribution is 2.46. The van der Waals surface area contributed by atoms with Gasteiger partial charge in [-0.25, -0.2) is 4.57 Å². The number of nitrogens with one attached hydrogen (secondary N) is 1. The standard InChI is InChI=1S/C21H27N2O4P/c1-16(17(2)25-19-8-6-7-9-19)23-28(24,26-20-10-4-3-5-11-20)27-21-14-12-18(22)13-15-21/h3-5,10-16,19H,2,6-9,22H2,1H3,(H,23,24)/t16-,28?/m1/s1. The molecule has 0 aromatic heterocycles. The van der Waals surface area contributed by atoms with E-state index in [1.807, 2.05) is 13.0 Å². The van der Waals surface area contributed by atoms with Crippen LogP contribution in [-0.2, 0) is 9.30 Å². The molecule has 0 heterocycles. The third-order valence-electron chi connectivity index (χ3n) is 4.53. The van der Waals surface area contributed by atoms with Crippen LogP contribution < -0.4 is 19.9 Å². The number of rotatable bonds is 9. The molecule has 2 atom stereocenters. The maximum atomic E-state index is 13.5. The van der Waals surface area contributed by atoms with Crippen molar-refractivity contribution >= 4 is 13.4 Å². The maximum absolute atomic E-state index is 13.5. The zero-order valence-corrected chi connectivity index (χ0v) is 16.9. The number of nitrogens with two attached hydrogens (primary N) is 1. The Morgan fingerprint density at radius 2 is 1.64 bits per heavy atom. The molecule has 2 aromatic carbocycles. The van der Waals surface area contributed by atoms with E-state index in [4.69, 9.17) is 19.5 Å². The molecule has 28 heavy (non-hydrogen) atoms. The second-order valence-electron chi connectivity index (χ2n) is 6.90. The van der Waals surface area contributed by atoms with Gasteiger partial charge in [-0.05, 0) is 69.0 Å². The van der Waals surface area contributed by atoms with Crippen LogP contribution in [0.2, 0.25) is 0 Å². The maximum Gasteiger partial charge on any atom is 0.513 e. The van der Waals surface area contributed by atoms with Crippen LogP contribution >= 0.6 is 7.75 Å². The topological polar surface area (TPSA) is 82.8 Å². The van der Waals surface area contributed by atoms with Gasteiger partial charge in [-0.2, -0.15) is 5.09 Å². The number of anilines is 1. The summed E-state index contributed by atoms with van der Waals surface area (Å²) in [6.07, 6.45) is 4.53. The molecule has 0 saturated heterocycles. The minimum Gasteiger partial charge on any atom is -0.494 e. The molecule has 150 valence electrons. The Bertz CT molecular complexity index is 820. The molecule has 0 bridgehead atoms. The molecular formula is C21H27N2O4P. The first-order valence-corrected chi connectivity index (χ1v) is 11.0. The summed E-state index contributed by atoms with van der Waals surface area (Å²) in [4.78, 5) is 0. The lowest BCUT2D eigenvalue weighted by Gasteiger charge is -2.26. The zero-order chi connectivity index (χ0) is 20.0. The van der Waals surface area contributed by atoms with E-state index in [1.165, 1.54) is 0 Å². The summed E-state index contributed by atoms with van der Waals surface area (Å²) in [6.45, 7) is 5.82. The normalized spacial score (nSPS) is 17.5. The first-order chi connectivity index (χ1) is 13.4. The Labute approximate surface area is 166 Å². The van der Waals surface area contributed by atoms with Crippen molar-refractivity contribution in [1.29, 1.82) is 0 Å². The van der Waals surface area contributed by atoms with Crippen LogP contribution in [0.5, 0.6) is 11.5 Å². The number of ether oxygens (including phenoxy) is 1. The monoisotopic (exact) mass is 402 g/mol. The van der Waals surface area contributed by atoms with Crippen molar-refractivity contribution < 1.29 is 18.3 Å². The third-order valence-corrected chi connectivity index (χ3v) is 6.14. The zero-order valence-electron chi connectivity index (χ0n) is 16.0. The summed E-state index contributed by atoms with van der Waals surface area (Å²) in [5.41, 5.74) is 6.30. The van der Waals surface area contributed by atoms with Crippen LogP contribution in [0, 0.1) is 0 Å². The van der Waals surface area contributed by atoms with E-state index in [1.54, 1.807) is 48.5 Å². The Morgan fingerprint density at radius 1 is 1.07 bits per heavy atom. The third kappa shape index (κ3) is 5.78. The Hall–Kier alpha value is -2.43. The smallest absolute Gasteiger partial charge is 0.494 e. The number of para-hydroxylation sites is 1. The van der Waals surface area contributed by atoms with Gasteiger partial charge in [0.2, 0.25) is 0 Å². The molecule has 3 N–H and O–H groups in total. The van der Waals surface area contributed by atoms with Crippen molar-refractivity contribution in [2.75, 3.05) is 5.73 Å². The van der Waals surface area contributed by atoms with Crippen molar-refractivity contribution in [1.82, 2.24) is 5.09 Å². The van der Waals surface area contributed by atoms with E-state index in [-0.39, 0.29) is 6.10 Å². The molecule has 7 heteroatoms. The van der Waals surface area contributed by atoms with E-state index >= 15 is 0 Å². The average Bonchev–Trinajstić information content (AvgIpc) is 3.17. The molecule has 0 spiro atoms. The first kappa shape index (κ1) is 20.3. The molecule has 1 fully saturated rings. The highest BCUT2D eigenvalue weighted by atomic mass is 31.2. The number of nitrogen functional groups attached to an aromatic ring is 1. The van der Waals surface area contributed by atoms with Crippen molar-refractivity contribution in [2.45, 2.75) is 44.8 Å². The van der Waals surface area contributed by atoms with Gasteiger partial charge < -0.3 is 19.5 Å². The van der Waals surface area contributed by atoms with E-state index in [0.717, 1.165) is 25.7 Å². The molecule has 1 saturated carbocycles. The van der Waals surface area contributed by atoms with Crippen LogP contribution in [0.15, 0.2) is 66.9 Å². The van der Waals surface area contributed by atoms with Gasteiger partial charge in [0, 0.05) is 5.69 Å². The van der Waals surface area contributed by atoms with Gasteiger partial charge in [-0.15, -0.1) is 0 Å². The van der Waals surface area contributed by atoms with E-state index in [9.17, 15) is 4.57 Å². The second kappa shape index (κ2) is 9.18. The fraction of sp³-hybridized carbons (Fsp3) is 0.333. The molecule has 0 radical (unpaired) electrons. The highest BCUT2D eigenvalue weighted by molar-refractivity contribution is 7.52. The van der Waals surface area contributed by atoms with Crippen molar-refractivity contribution in [2.24, 2.45) is 0 Å².